The average Bonchev–Trinajstić information content (AvgIpc) is 2.75. The minimum Gasteiger partial charge on any atom is -0.493 e. The molecule has 94 valence electrons. The first-order valence-corrected chi connectivity index (χ1v) is 5.60. The number of nitrogens with two attached hydrogens (primary N) is 1. The third-order valence-electron chi connectivity index (χ3n) is 3.04. The molecule has 1 unspecified atom stereocenters. The fourth-order valence-electron chi connectivity index (χ4n) is 2.12. The summed E-state index contributed by atoms with van der Waals surface area (Å²) in [5, 5.41) is 9.54. The van der Waals surface area contributed by atoms with E-state index in [1.165, 1.54) is 0 Å². The fraction of sp³-hybridized carbons (Fsp3) is 0.500. The van der Waals surface area contributed by atoms with Crippen LogP contribution in [0.3, 0.4) is 0 Å². The van der Waals surface area contributed by atoms with Crippen molar-refractivity contribution in [2.24, 2.45) is 0 Å². The summed E-state index contributed by atoms with van der Waals surface area (Å²) in [5.74, 6) is 1.27. The zero-order valence-electron chi connectivity index (χ0n) is 10.1. The smallest absolute Gasteiger partial charge is 0.162 e. The molecule has 1 heterocycles. The Kier molecular flexibility index (Phi) is 3.28. The lowest BCUT2D eigenvalue weighted by atomic mass is 10.2. The van der Waals surface area contributed by atoms with E-state index in [0.717, 1.165) is 18.7 Å². The number of hydrogen-bond acceptors (Lipinski definition) is 5. The maximum atomic E-state index is 9.54. The van der Waals surface area contributed by atoms with Crippen molar-refractivity contribution in [1.82, 2.24) is 0 Å². The minimum atomic E-state index is -0.275. The molecular formula is C12H18N2O3. The van der Waals surface area contributed by atoms with Crippen LogP contribution in [-0.2, 0) is 0 Å². The molecule has 5 heteroatoms. The van der Waals surface area contributed by atoms with E-state index in [2.05, 4.69) is 4.90 Å². The summed E-state index contributed by atoms with van der Waals surface area (Å²) < 4.78 is 10.4. The number of nitrogen functional groups attached to an aromatic ring is 1. The molecule has 1 saturated heterocycles. The Morgan fingerprint density at radius 3 is 2.47 bits per heavy atom. The van der Waals surface area contributed by atoms with Crippen LogP contribution in [0.15, 0.2) is 12.1 Å². The third-order valence-corrected chi connectivity index (χ3v) is 3.04. The van der Waals surface area contributed by atoms with Crippen molar-refractivity contribution in [3.05, 3.63) is 12.1 Å². The first-order chi connectivity index (χ1) is 8.15. The minimum absolute atomic E-state index is 0.275. The summed E-state index contributed by atoms with van der Waals surface area (Å²) in [6.07, 6.45) is 0.496. The molecule has 1 aromatic rings. The van der Waals surface area contributed by atoms with Crippen LogP contribution >= 0.6 is 0 Å². The van der Waals surface area contributed by atoms with E-state index in [9.17, 15) is 5.11 Å². The Morgan fingerprint density at radius 1 is 1.29 bits per heavy atom. The van der Waals surface area contributed by atoms with Crippen LogP contribution in [0.2, 0.25) is 0 Å². The summed E-state index contributed by atoms with van der Waals surface area (Å²) >= 11 is 0. The monoisotopic (exact) mass is 238 g/mol. The molecule has 0 radical (unpaired) electrons. The maximum Gasteiger partial charge on any atom is 0.162 e. The number of hydrogen-bond donors (Lipinski definition) is 2. The summed E-state index contributed by atoms with van der Waals surface area (Å²) in [6.45, 7) is 1.42. The molecule has 1 aliphatic rings. The Morgan fingerprint density at radius 2 is 1.94 bits per heavy atom. The van der Waals surface area contributed by atoms with E-state index in [4.69, 9.17) is 15.2 Å². The van der Waals surface area contributed by atoms with Crippen LogP contribution in [0.4, 0.5) is 11.4 Å². The summed E-state index contributed by atoms with van der Waals surface area (Å²) in [5.41, 5.74) is 7.51. The molecule has 1 aliphatic heterocycles. The Bertz CT molecular complexity index is 409. The van der Waals surface area contributed by atoms with Gasteiger partial charge in [0.05, 0.1) is 31.7 Å². The SMILES string of the molecule is COc1cc(N)c(N2CCC(O)C2)cc1OC. The highest BCUT2D eigenvalue weighted by Gasteiger charge is 2.23. The largest absolute Gasteiger partial charge is 0.493 e. The number of methoxy groups -OCH3 is 2. The summed E-state index contributed by atoms with van der Waals surface area (Å²) in [6, 6.07) is 3.60. The van der Waals surface area contributed by atoms with Crippen LogP contribution in [-0.4, -0.2) is 38.5 Å². The van der Waals surface area contributed by atoms with Gasteiger partial charge in [0.25, 0.3) is 0 Å². The van der Waals surface area contributed by atoms with Gasteiger partial charge in [-0.15, -0.1) is 0 Å². The second-order valence-corrected chi connectivity index (χ2v) is 4.15. The van der Waals surface area contributed by atoms with E-state index >= 15 is 0 Å². The molecule has 0 spiro atoms. The van der Waals surface area contributed by atoms with Crippen LogP contribution in [0, 0.1) is 0 Å². The predicted molar refractivity (Wildman–Crippen MR) is 66.8 cm³/mol. The highest BCUT2D eigenvalue weighted by molar-refractivity contribution is 5.73. The van der Waals surface area contributed by atoms with E-state index in [0.29, 0.717) is 23.7 Å². The van der Waals surface area contributed by atoms with Crippen molar-refractivity contribution in [1.29, 1.82) is 0 Å². The number of nitrogens with zero attached hydrogens (tertiary/aromatic N) is 1. The molecule has 0 aliphatic carbocycles. The number of anilines is 2. The molecule has 1 atom stereocenters. The Balaban J connectivity index is 2.34. The van der Waals surface area contributed by atoms with Crippen LogP contribution in [0.1, 0.15) is 6.42 Å². The number of aliphatic hydroxyl groups is 1. The first-order valence-electron chi connectivity index (χ1n) is 5.60. The van der Waals surface area contributed by atoms with Gasteiger partial charge in [0.2, 0.25) is 0 Å². The van der Waals surface area contributed by atoms with Gasteiger partial charge < -0.3 is 25.2 Å². The molecular weight excluding hydrogens is 220 g/mol. The van der Waals surface area contributed by atoms with Gasteiger partial charge in [-0.25, -0.2) is 0 Å². The zero-order valence-corrected chi connectivity index (χ0v) is 10.1. The topological polar surface area (TPSA) is 68.0 Å². The van der Waals surface area contributed by atoms with Crippen molar-refractivity contribution >= 4 is 11.4 Å². The highest BCUT2D eigenvalue weighted by atomic mass is 16.5. The van der Waals surface area contributed by atoms with E-state index in [1.54, 1.807) is 20.3 Å². The highest BCUT2D eigenvalue weighted by Crippen LogP contribution is 2.37. The van der Waals surface area contributed by atoms with Gasteiger partial charge in [0, 0.05) is 25.2 Å². The number of benzene rings is 1. The van der Waals surface area contributed by atoms with Gasteiger partial charge in [-0.3, -0.25) is 0 Å². The van der Waals surface area contributed by atoms with E-state index in [1.807, 2.05) is 6.07 Å². The average molecular weight is 238 g/mol. The lowest BCUT2D eigenvalue weighted by Crippen LogP contribution is -2.22. The second-order valence-electron chi connectivity index (χ2n) is 4.15. The van der Waals surface area contributed by atoms with Gasteiger partial charge >= 0.3 is 0 Å². The van der Waals surface area contributed by atoms with Crippen molar-refractivity contribution in [3.8, 4) is 11.5 Å². The van der Waals surface area contributed by atoms with Gasteiger partial charge in [-0.2, -0.15) is 0 Å². The molecule has 5 nitrogen and oxygen atoms in total. The van der Waals surface area contributed by atoms with Crippen molar-refractivity contribution in [2.75, 3.05) is 37.9 Å². The second kappa shape index (κ2) is 4.71. The molecule has 2 rings (SSSR count). The molecule has 0 aromatic heterocycles. The standard InChI is InChI=1S/C12H18N2O3/c1-16-11-5-9(13)10(6-12(11)17-2)14-4-3-8(15)7-14/h5-6,8,15H,3-4,7,13H2,1-2H3. The molecule has 17 heavy (non-hydrogen) atoms. The lowest BCUT2D eigenvalue weighted by Gasteiger charge is -2.21. The Labute approximate surface area is 101 Å². The lowest BCUT2D eigenvalue weighted by molar-refractivity contribution is 0.198. The normalized spacial score (nSPS) is 19.5. The molecule has 1 fully saturated rings. The number of ether oxygens (including phenoxy) is 2. The number of β-amino-alcohol motifs (C(OH)–C–C–N with tert-alkyl or cyclic N) is 1. The van der Waals surface area contributed by atoms with Crippen LogP contribution < -0.4 is 20.1 Å². The van der Waals surface area contributed by atoms with E-state index in [-0.39, 0.29) is 6.10 Å². The van der Waals surface area contributed by atoms with E-state index < -0.39 is 0 Å². The molecule has 0 amide bonds. The van der Waals surface area contributed by atoms with Crippen LogP contribution in [0.25, 0.3) is 0 Å². The zero-order chi connectivity index (χ0) is 12.4. The van der Waals surface area contributed by atoms with Crippen molar-refractivity contribution < 1.29 is 14.6 Å². The predicted octanol–water partition coefficient (Wildman–Crippen LogP) is 0.857. The number of aliphatic hydroxyl groups excluding tert-OH is 1. The van der Waals surface area contributed by atoms with Gasteiger partial charge in [-0.1, -0.05) is 0 Å². The maximum absolute atomic E-state index is 9.54. The number of rotatable bonds is 3. The first kappa shape index (κ1) is 11.9. The molecule has 0 bridgehead atoms. The van der Waals surface area contributed by atoms with Crippen molar-refractivity contribution in [3.63, 3.8) is 0 Å². The molecule has 3 N–H and O–H groups in total. The molecule has 1 aromatic carbocycles. The van der Waals surface area contributed by atoms with Gasteiger partial charge in [0.1, 0.15) is 0 Å². The molecule has 0 saturated carbocycles. The fourth-order valence-corrected chi connectivity index (χ4v) is 2.12. The summed E-state index contributed by atoms with van der Waals surface area (Å²) in [7, 11) is 3.17. The summed E-state index contributed by atoms with van der Waals surface area (Å²) in [4.78, 5) is 2.06. The quantitative estimate of drug-likeness (QED) is 0.764. The van der Waals surface area contributed by atoms with Crippen molar-refractivity contribution in [2.45, 2.75) is 12.5 Å². The Hall–Kier alpha value is -1.62. The van der Waals surface area contributed by atoms with Gasteiger partial charge in [0.15, 0.2) is 11.5 Å². The van der Waals surface area contributed by atoms with Crippen LogP contribution in [0.5, 0.6) is 11.5 Å². The third kappa shape index (κ3) is 2.24. The van der Waals surface area contributed by atoms with Gasteiger partial charge in [-0.05, 0) is 6.42 Å².